The third-order valence-corrected chi connectivity index (χ3v) is 2.12. The van der Waals surface area contributed by atoms with Crippen LogP contribution in [0, 0.1) is 11.8 Å². The first kappa shape index (κ1) is 12.5. The number of allylic oxidation sites excluding steroid dienone is 3. The van der Waals surface area contributed by atoms with Crippen molar-refractivity contribution in [3.63, 3.8) is 0 Å². The molecule has 0 spiro atoms. The predicted octanol–water partition coefficient (Wildman–Crippen LogP) is 2.17. The molecule has 14 heavy (non-hydrogen) atoms. The molecule has 0 aromatic carbocycles. The van der Waals surface area contributed by atoms with Crippen molar-refractivity contribution in [2.45, 2.75) is 34.6 Å². The van der Waals surface area contributed by atoms with Crippen LogP contribution < -0.4 is 5.73 Å². The highest BCUT2D eigenvalue weighted by molar-refractivity contribution is 5.92. The Labute approximate surface area is 85.9 Å². The van der Waals surface area contributed by atoms with Crippen LogP contribution in [0.1, 0.15) is 34.6 Å². The molecule has 0 atom stereocenters. The van der Waals surface area contributed by atoms with Gasteiger partial charge in [0, 0.05) is 11.1 Å². The van der Waals surface area contributed by atoms with E-state index in [0.717, 1.165) is 11.1 Å². The maximum atomic E-state index is 10.8. The maximum Gasteiger partial charge on any atom is 0.245 e. The lowest BCUT2D eigenvalue weighted by Gasteiger charge is -1.96. The van der Waals surface area contributed by atoms with Crippen LogP contribution in [0.25, 0.3) is 0 Å². The topological polar surface area (TPSA) is 43.1 Å². The number of rotatable bonds is 1. The monoisotopic (exact) mass is 191 g/mol. The van der Waals surface area contributed by atoms with E-state index in [1.54, 1.807) is 13.8 Å². The third-order valence-electron chi connectivity index (χ3n) is 2.12. The van der Waals surface area contributed by atoms with Crippen molar-refractivity contribution in [1.29, 1.82) is 0 Å². The zero-order valence-electron chi connectivity index (χ0n) is 9.49. The number of primary amides is 1. The number of carbonyl (C=O) groups is 1. The molecule has 0 heterocycles. The molecule has 2 heteroatoms. The second-order valence-corrected chi connectivity index (χ2v) is 3.49. The molecule has 0 aromatic heterocycles. The zero-order chi connectivity index (χ0) is 11.3. The van der Waals surface area contributed by atoms with E-state index in [0.29, 0.717) is 5.57 Å². The minimum absolute atomic E-state index is 0.411. The molecule has 76 valence electrons. The Morgan fingerprint density at radius 1 is 0.929 bits per heavy atom. The lowest BCUT2D eigenvalue weighted by Crippen LogP contribution is -2.12. The third kappa shape index (κ3) is 3.95. The highest BCUT2D eigenvalue weighted by atomic mass is 16.1. The fraction of sp³-hybridized carbons (Fsp3) is 0.417. The summed E-state index contributed by atoms with van der Waals surface area (Å²) in [5.74, 6) is 5.49. The molecule has 0 unspecified atom stereocenters. The first-order valence-corrected chi connectivity index (χ1v) is 4.49. The van der Waals surface area contributed by atoms with Gasteiger partial charge in [-0.15, -0.1) is 0 Å². The van der Waals surface area contributed by atoms with E-state index in [2.05, 4.69) is 11.8 Å². The molecule has 2 N–H and O–H groups in total. The zero-order valence-corrected chi connectivity index (χ0v) is 9.49. The average molecular weight is 191 g/mol. The first-order chi connectivity index (χ1) is 6.36. The van der Waals surface area contributed by atoms with E-state index in [4.69, 9.17) is 5.73 Å². The summed E-state index contributed by atoms with van der Waals surface area (Å²) in [5.41, 5.74) is 8.60. The van der Waals surface area contributed by atoms with Crippen molar-refractivity contribution in [2.24, 2.45) is 5.73 Å². The van der Waals surface area contributed by atoms with Gasteiger partial charge in [0.2, 0.25) is 5.91 Å². The average Bonchev–Trinajstić information content (AvgIpc) is 2.11. The van der Waals surface area contributed by atoms with Crippen molar-refractivity contribution in [1.82, 2.24) is 0 Å². The largest absolute Gasteiger partial charge is 0.366 e. The molecule has 0 aromatic rings. The van der Waals surface area contributed by atoms with Gasteiger partial charge in [-0.2, -0.15) is 0 Å². The summed E-state index contributed by atoms with van der Waals surface area (Å²) in [7, 11) is 0. The lowest BCUT2D eigenvalue weighted by atomic mass is 10.1. The number of nitrogens with two attached hydrogens (primary N) is 1. The molecular formula is C12H17NO. The first-order valence-electron chi connectivity index (χ1n) is 4.49. The fourth-order valence-corrected chi connectivity index (χ4v) is 0.591. The highest BCUT2D eigenvalue weighted by Crippen LogP contribution is 2.03. The minimum Gasteiger partial charge on any atom is -0.366 e. The summed E-state index contributed by atoms with van der Waals surface area (Å²) in [6, 6.07) is 0. The van der Waals surface area contributed by atoms with Crippen molar-refractivity contribution >= 4 is 5.91 Å². The molecular weight excluding hydrogens is 174 g/mol. The van der Waals surface area contributed by atoms with Gasteiger partial charge in [0.15, 0.2) is 0 Å². The molecule has 0 aliphatic carbocycles. The number of hydrogen-bond donors (Lipinski definition) is 1. The molecule has 0 saturated carbocycles. The second-order valence-electron chi connectivity index (χ2n) is 3.49. The second kappa shape index (κ2) is 5.29. The summed E-state index contributed by atoms with van der Waals surface area (Å²) >= 11 is 0. The molecule has 0 aliphatic heterocycles. The van der Waals surface area contributed by atoms with Crippen LogP contribution in [0.3, 0.4) is 0 Å². The summed E-state index contributed by atoms with van der Waals surface area (Å²) in [6.07, 6.45) is 0. The smallest absolute Gasteiger partial charge is 0.245 e. The Morgan fingerprint density at radius 2 is 1.36 bits per heavy atom. The van der Waals surface area contributed by atoms with Crippen LogP contribution in [-0.2, 0) is 4.79 Å². The SMILES string of the molecule is CC(C)=C(C)C#CC(C)=C(C)C(N)=O. The van der Waals surface area contributed by atoms with Crippen LogP contribution in [0.2, 0.25) is 0 Å². The van der Waals surface area contributed by atoms with Gasteiger partial charge >= 0.3 is 0 Å². The van der Waals surface area contributed by atoms with Crippen LogP contribution >= 0.6 is 0 Å². The van der Waals surface area contributed by atoms with E-state index in [1.807, 2.05) is 20.8 Å². The van der Waals surface area contributed by atoms with Gasteiger partial charge in [0.1, 0.15) is 0 Å². The van der Waals surface area contributed by atoms with E-state index >= 15 is 0 Å². The predicted molar refractivity (Wildman–Crippen MR) is 59.4 cm³/mol. The number of carbonyl (C=O) groups excluding carboxylic acids is 1. The van der Waals surface area contributed by atoms with Gasteiger partial charge in [-0.3, -0.25) is 4.79 Å². The van der Waals surface area contributed by atoms with Crippen LogP contribution in [0.5, 0.6) is 0 Å². The van der Waals surface area contributed by atoms with Crippen LogP contribution in [0.15, 0.2) is 22.3 Å². The normalized spacial score (nSPS) is 10.9. The Bertz CT molecular complexity index is 358. The maximum absolute atomic E-state index is 10.8. The van der Waals surface area contributed by atoms with Gasteiger partial charge in [-0.05, 0) is 40.2 Å². The van der Waals surface area contributed by atoms with Crippen molar-refractivity contribution < 1.29 is 4.79 Å². The van der Waals surface area contributed by atoms with Gasteiger partial charge in [0.05, 0.1) is 0 Å². The molecule has 0 bridgehead atoms. The Balaban J connectivity index is 4.96. The summed E-state index contributed by atoms with van der Waals surface area (Å²) in [6.45, 7) is 9.44. The molecule has 2 nitrogen and oxygen atoms in total. The number of hydrogen-bond acceptors (Lipinski definition) is 1. The van der Waals surface area contributed by atoms with E-state index in [-0.39, 0.29) is 0 Å². The molecule has 0 aliphatic rings. The lowest BCUT2D eigenvalue weighted by molar-refractivity contribution is -0.114. The van der Waals surface area contributed by atoms with Crippen LogP contribution in [-0.4, -0.2) is 5.91 Å². The van der Waals surface area contributed by atoms with Gasteiger partial charge in [-0.1, -0.05) is 17.4 Å². The van der Waals surface area contributed by atoms with Crippen molar-refractivity contribution in [3.05, 3.63) is 22.3 Å². The highest BCUT2D eigenvalue weighted by Gasteiger charge is 1.99. The Hall–Kier alpha value is -1.49. The summed E-state index contributed by atoms with van der Waals surface area (Å²) in [5, 5.41) is 0. The van der Waals surface area contributed by atoms with Gasteiger partial charge in [-0.25, -0.2) is 0 Å². The Morgan fingerprint density at radius 3 is 1.71 bits per heavy atom. The quantitative estimate of drug-likeness (QED) is 0.501. The van der Waals surface area contributed by atoms with E-state index in [9.17, 15) is 4.79 Å². The van der Waals surface area contributed by atoms with Crippen molar-refractivity contribution in [3.8, 4) is 11.8 Å². The molecule has 0 fully saturated rings. The van der Waals surface area contributed by atoms with Crippen LogP contribution in [0.4, 0.5) is 0 Å². The summed E-state index contributed by atoms with van der Waals surface area (Å²) in [4.78, 5) is 10.8. The number of amides is 1. The van der Waals surface area contributed by atoms with E-state index in [1.165, 1.54) is 5.57 Å². The standard InChI is InChI=1S/C12H17NO/c1-8(2)9(3)6-7-10(4)11(5)12(13)14/h1-5H3,(H2,13,14). The molecule has 1 amide bonds. The Kier molecular flexibility index (Phi) is 4.72. The van der Waals surface area contributed by atoms with Gasteiger partial charge in [0.25, 0.3) is 0 Å². The fourth-order valence-electron chi connectivity index (χ4n) is 0.591. The van der Waals surface area contributed by atoms with Gasteiger partial charge < -0.3 is 5.73 Å². The molecule has 0 saturated heterocycles. The van der Waals surface area contributed by atoms with E-state index < -0.39 is 5.91 Å². The molecule has 0 rings (SSSR count). The molecule has 0 radical (unpaired) electrons. The minimum atomic E-state index is -0.411. The van der Waals surface area contributed by atoms with Crippen molar-refractivity contribution in [2.75, 3.05) is 0 Å². The summed E-state index contributed by atoms with van der Waals surface area (Å²) < 4.78 is 0.